The molecular formula is C17H36N2. The average Bonchev–Trinajstić information content (AvgIpc) is 2.38. The molecular weight excluding hydrogens is 232 g/mol. The van der Waals surface area contributed by atoms with Gasteiger partial charge in [0.15, 0.2) is 0 Å². The molecule has 0 aliphatic heterocycles. The highest BCUT2D eigenvalue weighted by molar-refractivity contribution is 5.00. The maximum atomic E-state index is 3.81. The second-order valence-electron chi connectivity index (χ2n) is 6.99. The van der Waals surface area contributed by atoms with Crippen molar-refractivity contribution >= 4 is 0 Å². The van der Waals surface area contributed by atoms with E-state index >= 15 is 0 Å². The molecule has 0 bridgehead atoms. The molecule has 1 atom stereocenters. The van der Waals surface area contributed by atoms with Crippen LogP contribution in [0.5, 0.6) is 0 Å². The zero-order chi connectivity index (χ0) is 14.3. The smallest absolute Gasteiger partial charge is 0.0356 e. The van der Waals surface area contributed by atoms with Crippen LogP contribution in [0.15, 0.2) is 0 Å². The van der Waals surface area contributed by atoms with Crippen molar-refractivity contribution < 1.29 is 0 Å². The van der Waals surface area contributed by atoms with Crippen LogP contribution in [0.25, 0.3) is 0 Å². The molecule has 2 nitrogen and oxygen atoms in total. The second-order valence-corrected chi connectivity index (χ2v) is 6.99. The lowest BCUT2D eigenvalue weighted by molar-refractivity contribution is 0.0527. The zero-order valence-electron chi connectivity index (χ0n) is 14.0. The third-order valence-electron chi connectivity index (χ3n) is 4.98. The van der Waals surface area contributed by atoms with Gasteiger partial charge in [-0.3, -0.25) is 0 Å². The molecule has 114 valence electrons. The lowest BCUT2D eigenvalue weighted by Gasteiger charge is -2.49. The van der Waals surface area contributed by atoms with Gasteiger partial charge >= 0.3 is 0 Å². The number of likely N-dealkylation sites (N-methyl/N-ethyl adjacent to an activating group) is 2. The number of nitrogens with one attached hydrogen (secondary N) is 1. The summed E-state index contributed by atoms with van der Waals surface area (Å²) in [5.74, 6) is 0.837. The van der Waals surface area contributed by atoms with Crippen molar-refractivity contribution in [2.75, 3.05) is 20.6 Å². The van der Waals surface area contributed by atoms with E-state index in [-0.39, 0.29) is 0 Å². The van der Waals surface area contributed by atoms with Gasteiger partial charge in [0.1, 0.15) is 0 Å². The number of rotatable bonds is 8. The van der Waals surface area contributed by atoms with Gasteiger partial charge in [0.05, 0.1) is 0 Å². The molecule has 1 rings (SSSR count). The summed E-state index contributed by atoms with van der Waals surface area (Å²) in [4.78, 5) is 2.52. The van der Waals surface area contributed by atoms with Crippen LogP contribution in [-0.4, -0.2) is 37.1 Å². The van der Waals surface area contributed by atoms with Gasteiger partial charge in [-0.25, -0.2) is 0 Å². The normalized spacial score (nSPS) is 21.0. The maximum Gasteiger partial charge on any atom is 0.0356 e. The molecule has 0 aromatic rings. The summed E-state index contributed by atoms with van der Waals surface area (Å²) in [6, 6.07) is 0.673. The third kappa shape index (κ3) is 4.75. The van der Waals surface area contributed by atoms with Gasteiger partial charge in [-0.15, -0.1) is 0 Å². The Balaban J connectivity index is 2.68. The van der Waals surface area contributed by atoms with E-state index in [4.69, 9.17) is 0 Å². The molecule has 0 radical (unpaired) electrons. The highest BCUT2D eigenvalue weighted by atomic mass is 15.2. The molecule has 1 fully saturated rings. The van der Waals surface area contributed by atoms with E-state index in [9.17, 15) is 0 Å². The van der Waals surface area contributed by atoms with Crippen LogP contribution in [0.4, 0.5) is 0 Å². The predicted octanol–water partition coefficient (Wildman–Crippen LogP) is 4.06. The molecule has 2 heteroatoms. The predicted molar refractivity (Wildman–Crippen MR) is 85.7 cm³/mol. The Bertz CT molecular complexity index is 229. The monoisotopic (exact) mass is 268 g/mol. The van der Waals surface area contributed by atoms with Crippen LogP contribution in [0.3, 0.4) is 0 Å². The minimum absolute atomic E-state index is 0.408. The zero-order valence-corrected chi connectivity index (χ0v) is 14.0. The fourth-order valence-corrected chi connectivity index (χ4v) is 3.81. The summed E-state index contributed by atoms with van der Waals surface area (Å²) >= 11 is 0. The van der Waals surface area contributed by atoms with Crippen LogP contribution >= 0.6 is 0 Å². The van der Waals surface area contributed by atoms with Gasteiger partial charge in [-0.1, -0.05) is 52.9 Å². The Morgan fingerprint density at radius 1 is 1.05 bits per heavy atom. The molecule has 1 aliphatic rings. The Kier molecular flexibility index (Phi) is 7.38. The van der Waals surface area contributed by atoms with E-state index in [1.807, 2.05) is 0 Å². The highest BCUT2D eigenvalue weighted by Gasteiger charge is 2.40. The summed E-state index contributed by atoms with van der Waals surface area (Å²) in [5.41, 5.74) is 0.408. The minimum atomic E-state index is 0.408. The van der Waals surface area contributed by atoms with Gasteiger partial charge in [0, 0.05) is 11.6 Å². The molecule has 0 saturated heterocycles. The number of hydrogen-bond acceptors (Lipinski definition) is 2. The SMILES string of the molecule is CCNC(CCCC(C)C)C1(N(C)C)CCCCC1. The van der Waals surface area contributed by atoms with E-state index in [1.165, 1.54) is 51.4 Å². The van der Waals surface area contributed by atoms with E-state index < -0.39 is 0 Å². The number of hydrogen-bond donors (Lipinski definition) is 1. The molecule has 0 aromatic carbocycles. The average molecular weight is 268 g/mol. The van der Waals surface area contributed by atoms with Gasteiger partial charge in [0.2, 0.25) is 0 Å². The largest absolute Gasteiger partial charge is 0.312 e. The standard InChI is InChI=1S/C17H36N2/c1-6-18-16(12-10-11-15(2)3)17(19(4)5)13-8-7-9-14-17/h15-16,18H,6-14H2,1-5H3. The highest BCUT2D eigenvalue weighted by Crippen LogP contribution is 2.37. The molecule has 1 aliphatic carbocycles. The fourth-order valence-electron chi connectivity index (χ4n) is 3.81. The van der Waals surface area contributed by atoms with Crippen LogP contribution in [0, 0.1) is 5.92 Å². The minimum Gasteiger partial charge on any atom is -0.312 e. The van der Waals surface area contributed by atoms with Gasteiger partial charge in [0.25, 0.3) is 0 Å². The summed E-state index contributed by atoms with van der Waals surface area (Å²) in [7, 11) is 4.58. The topological polar surface area (TPSA) is 15.3 Å². The summed E-state index contributed by atoms with van der Waals surface area (Å²) in [6.07, 6.45) is 11.1. The van der Waals surface area contributed by atoms with E-state index in [0.29, 0.717) is 11.6 Å². The van der Waals surface area contributed by atoms with Crippen LogP contribution in [-0.2, 0) is 0 Å². The first-order valence-electron chi connectivity index (χ1n) is 8.43. The van der Waals surface area contributed by atoms with Crippen molar-refractivity contribution in [1.29, 1.82) is 0 Å². The molecule has 0 aromatic heterocycles. The van der Waals surface area contributed by atoms with E-state index in [0.717, 1.165) is 12.5 Å². The maximum absolute atomic E-state index is 3.81. The van der Waals surface area contributed by atoms with Crippen molar-refractivity contribution in [3.8, 4) is 0 Å². The summed E-state index contributed by atoms with van der Waals surface area (Å²) < 4.78 is 0. The van der Waals surface area contributed by atoms with Crippen molar-refractivity contribution in [3.05, 3.63) is 0 Å². The second kappa shape index (κ2) is 8.26. The quantitative estimate of drug-likeness (QED) is 0.714. The third-order valence-corrected chi connectivity index (χ3v) is 4.98. The van der Waals surface area contributed by atoms with Gasteiger partial charge in [-0.05, 0) is 45.8 Å². The van der Waals surface area contributed by atoms with E-state index in [1.54, 1.807) is 0 Å². The first-order chi connectivity index (χ1) is 9.03. The first kappa shape index (κ1) is 17.0. The fraction of sp³-hybridized carbons (Fsp3) is 1.00. The van der Waals surface area contributed by atoms with Gasteiger partial charge in [-0.2, -0.15) is 0 Å². The van der Waals surface area contributed by atoms with Gasteiger partial charge < -0.3 is 10.2 Å². The summed E-state index contributed by atoms with van der Waals surface area (Å²) in [5, 5.41) is 3.81. The van der Waals surface area contributed by atoms with Crippen molar-refractivity contribution in [1.82, 2.24) is 10.2 Å². The molecule has 1 unspecified atom stereocenters. The van der Waals surface area contributed by atoms with Crippen molar-refractivity contribution in [2.24, 2.45) is 5.92 Å². The Labute approximate surface area is 121 Å². The Morgan fingerprint density at radius 3 is 2.16 bits per heavy atom. The van der Waals surface area contributed by atoms with E-state index in [2.05, 4.69) is 45.1 Å². The molecule has 0 amide bonds. The lowest BCUT2D eigenvalue weighted by atomic mass is 9.73. The summed E-state index contributed by atoms with van der Waals surface area (Å²) in [6.45, 7) is 8.03. The molecule has 0 heterocycles. The molecule has 1 N–H and O–H groups in total. The van der Waals surface area contributed by atoms with Crippen LogP contribution in [0.1, 0.15) is 72.1 Å². The van der Waals surface area contributed by atoms with Crippen LogP contribution < -0.4 is 5.32 Å². The Hall–Kier alpha value is -0.0800. The van der Waals surface area contributed by atoms with Crippen molar-refractivity contribution in [2.45, 2.75) is 83.7 Å². The molecule has 0 spiro atoms. The molecule has 19 heavy (non-hydrogen) atoms. The molecule has 1 saturated carbocycles. The number of nitrogens with zero attached hydrogens (tertiary/aromatic N) is 1. The van der Waals surface area contributed by atoms with Crippen LogP contribution in [0.2, 0.25) is 0 Å². The Morgan fingerprint density at radius 2 is 1.68 bits per heavy atom. The first-order valence-corrected chi connectivity index (χ1v) is 8.43. The van der Waals surface area contributed by atoms with Crippen molar-refractivity contribution in [3.63, 3.8) is 0 Å². The lowest BCUT2D eigenvalue weighted by Crippen LogP contribution is -2.60.